The van der Waals surface area contributed by atoms with Gasteiger partial charge in [0.2, 0.25) is 11.8 Å². The van der Waals surface area contributed by atoms with Gasteiger partial charge in [0.25, 0.3) is 0 Å². The van der Waals surface area contributed by atoms with E-state index in [2.05, 4.69) is 5.32 Å². The lowest BCUT2D eigenvalue weighted by molar-refractivity contribution is -0.117. The van der Waals surface area contributed by atoms with Gasteiger partial charge >= 0.3 is 0 Å². The summed E-state index contributed by atoms with van der Waals surface area (Å²) in [6, 6.07) is 12.4. The molecular weight excluding hydrogens is 373 g/mol. The van der Waals surface area contributed by atoms with Gasteiger partial charge < -0.3 is 15.1 Å². The standard InChI is InChI=1S/C19H21Cl2N3O2/c1-13(25)24(18-11-14(20)10-15(21)12-18)9-8-19(26)22-16-4-6-17(7-5-16)23(2)3/h4-7,10-12H,8-9H2,1-3H3,(H,22,26). The highest BCUT2D eigenvalue weighted by atomic mass is 35.5. The van der Waals surface area contributed by atoms with Gasteiger partial charge in [0, 0.05) is 61.1 Å². The summed E-state index contributed by atoms with van der Waals surface area (Å²) in [4.78, 5) is 27.6. The van der Waals surface area contributed by atoms with E-state index in [0.29, 0.717) is 21.4 Å². The SMILES string of the molecule is CC(=O)N(CCC(=O)Nc1ccc(N(C)C)cc1)c1cc(Cl)cc(Cl)c1. The fraction of sp³-hybridized carbons (Fsp3) is 0.263. The predicted molar refractivity (Wildman–Crippen MR) is 109 cm³/mol. The molecule has 2 aromatic carbocycles. The number of benzene rings is 2. The lowest BCUT2D eigenvalue weighted by Gasteiger charge is -2.21. The van der Waals surface area contributed by atoms with Gasteiger partial charge in [-0.25, -0.2) is 0 Å². The summed E-state index contributed by atoms with van der Waals surface area (Å²) in [7, 11) is 3.90. The van der Waals surface area contributed by atoms with E-state index in [4.69, 9.17) is 23.2 Å². The lowest BCUT2D eigenvalue weighted by Crippen LogP contribution is -2.32. The zero-order valence-corrected chi connectivity index (χ0v) is 16.4. The van der Waals surface area contributed by atoms with E-state index in [1.807, 2.05) is 43.3 Å². The second kappa shape index (κ2) is 8.92. The summed E-state index contributed by atoms with van der Waals surface area (Å²) in [5.41, 5.74) is 2.32. The Bertz CT molecular complexity index is 772. The number of carbonyl (C=O) groups is 2. The number of rotatable bonds is 6. The zero-order valence-electron chi connectivity index (χ0n) is 14.9. The lowest BCUT2D eigenvalue weighted by atomic mass is 10.2. The van der Waals surface area contributed by atoms with Crippen molar-refractivity contribution in [1.82, 2.24) is 0 Å². The van der Waals surface area contributed by atoms with Gasteiger partial charge in [0.15, 0.2) is 0 Å². The van der Waals surface area contributed by atoms with Crippen molar-refractivity contribution in [2.75, 3.05) is 35.8 Å². The first-order chi connectivity index (χ1) is 12.3. The smallest absolute Gasteiger partial charge is 0.226 e. The van der Waals surface area contributed by atoms with Gasteiger partial charge in [-0.1, -0.05) is 23.2 Å². The van der Waals surface area contributed by atoms with Crippen molar-refractivity contribution in [2.45, 2.75) is 13.3 Å². The monoisotopic (exact) mass is 393 g/mol. The Balaban J connectivity index is 2.00. The van der Waals surface area contributed by atoms with Crippen molar-refractivity contribution >= 4 is 52.1 Å². The highest BCUT2D eigenvalue weighted by Gasteiger charge is 2.15. The van der Waals surface area contributed by atoms with E-state index in [1.54, 1.807) is 18.2 Å². The van der Waals surface area contributed by atoms with Gasteiger partial charge in [-0.15, -0.1) is 0 Å². The molecule has 0 saturated heterocycles. The molecule has 0 bridgehead atoms. The molecule has 5 nitrogen and oxygen atoms in total. The molecule has 0 radical (unpaired) electrons. The summed E-state index contributed by atoms with van der Waals surface area (Å²) in [5, 5.41) is 3.70. The third-order valence-corrected chi connectivity index (χ3v) is 4.21. The Kier molecular flexibility index (Phi) is 6.89. The molecule has 2 aromatic rings. The molecule has 0 heterocycles. The summed E-state index contributed by atoms with van der Waals surface area (Å²) < 4.78 is 0. The molecule has 26 heavy (non-hydrogen) atoms. The first kappa shape index (κ1) is 20.1. The average Bonchev–Trinajstić information content (AvgIpc) is 2.54. The molecule has 0 spiro atoms. The third kappa shape index (κ3) is 5.64. The molecule has 0 fully saturated rings. The van der Waals surface area contributed by atoms with Crippen LogP contribution in [0.5, 0.6) is 0 Å². The minimum atomic E-state index is -0.188. The molecule has 0 aromatic heterocycles. The molecule has 0 aliphatic rings. The minimum Gasteiger partial charge on any atom is -0.378 e. The summed E-state index contributed by atoms with van der Waals surface area (Å²) in [6.45, 7) is 1.67. The Labute approximate surface area is 163 Å². The van der Waals surface area contributed by atoms with E-state index in [1.165, 1.54) is 11.8 Å². The second-order valence-corrected chi connectivity index (χ2v) is 6.91. The van der Waals surface area contributed by atoms with E-state index in [9.17, 15) is 9.59 Å². The van der Waals surface area contributed by atoms with E-state index >= 15 is 0 Å². The highest BCUT2D eigenvalue weighted by Crippen LogP contribution is 2.26. The van der Waals surface area contributed by atoms with Gasteiger partial charge in [-0.2, -0.15) is 0 Å². The quantitative estimate of drug-likeness (QED) is 0.788. The maximum Gasteiger partial charge on any atom is 0.226 e. The Hall–Kier alpha value is -2.24. The molecule has 1 N–H and O–H groups in total. The van der Waals surface area contributed by atoms with Crippen molar-refractivity contribution in [1.29, 1.82) is 0 Å². The molecule has 7 heteroatoms. The molecule has 0 unspecified atom stereocenters. The number of amides is 2. The molecule has 2 rings (SSSR count). The number of carbonyl (C=O) groups excluding carboxylic acids is 2. The van der Waals surface area contributed by atoms with Crippen LogP contribution in [0.25, 0.3) is 0 Å². The number of anilines is 3. The number of nitrogens with one attached hydrogen (secondary N) is 1. The highest BCUT2D eigenvalue weighted by molar-refractivity contribution is 6.35. The summed E-state index contributed by atoms with van der Waals surface area (Å²) in [5.74, 6) is -0.367. The van der Waals surface area contributed by atoms with Crippen molar-refractivity contribution < 1.29 is 9.59 Å². The largest absolute Gasteiger partial charge is 0.378 e. The fourth-order valence-corrected chi connectivity index (χ4v) is 2.96. The molecule has 0 aliphatic heterocycles. The van der Waals surface area contributed by atoms with Crippen molar-refractivity contribution in [2.24, 2.45) is 0 Å². The first-order valence-electron chi connectivity index (χ1n) is 8.07. The Morgan fingerprint density at radius 3 is 2.04 bits per heavy atom. The van der Waals surface area contributed by atoms with Crippen LogP contribution in [-0.4, -0.2) is 32.5 Å². The number of hydrogen-bond acceptors (Lipinski definition) is 3. The van der Waals surface area contributed by atoms with Crippen molar-refractivity contribution in [3.05, 3.63) is 52.5 Å². The molecule has 138 valence electrons. The Morgan fingerprint density at radius 2 is 1.54 bits per heavy atom. The summed E-state index contributed by atoms with van der Waals surface area (Å²) in [6.07, 6.45) is 0.152. The van der Waals surface area contributed by atoms with E-state index < -0.39 is 0 Å². The summed E-state index contributed by atoms with van der Waals surface area (Å²) >= 11 is 12.0. The van der Waals surface area contributed by atoms with Crippen LogP contribution in [0.4, 0.5) is 17.1 Å². The van der Waals surface area contributed by atoms with Gasteiger partial charge in [0.05, 0.1) is 0 Å². The number of nitrogens with zero attached hydrogens (tertiary/aromatic N) is 2. The predicted octanol–water partition coefficient (Wildman–Crippen LogP) is 4.44. The van der Waals surface area contributed by atoms with Gasteiger partial charge in [-0.3, -0.25) is 9.59 Å². The van der Waals surface area contributed by atoms with Crippen LogP contribution in [0.3, 0.4) is 0 Å². The van der Waals surface area contributed by atoms with Crippen LogP contribution < -0.4 is 15.1 Å². The first-order valence-corrected chi connectivity index (χ1v) is 8.83. The van der Waals surface area contributed by atoms with Gasteiger partial charge in [-0.05, 0) is 42.5 Å². The normalized spacial score (nSPS) is 10.3. The third-order valence-electron chi connectivity index (χ3n) is 3.77. The van der Waals surface area contributed by atoms with Crippen LogP contribution in [0.1, 0.15) is 13.3 Å². The fourth-order valence-electron chi connectivity index (χ4n) is 2.44. The topological polar surface area (TPSA) is 52.7 Å². The van der Waals surface area contributed by atoms with Crippen LogP contribution in [0, 0.1) is 0 Å². The van der Waals surface area contributed by atoms with E-state index in [0.717, 1.165) is 5.69 Å². The molecular formula is C19H21Cl2N3O2. The number of hydrogen-bond donors (Lipinski definition) is 1. The maximum atomic E-state index is 12.2. The van der Waals surface area contributed by atoms with Crippen molar-refractivity contribution in [3.63, 3.8) is 0 Å². The Morgan fingerprint density at radius 1 is 0.962 bits per heavy atom. The average molecular weight is 394 g/mol. The minimum absolute atomic E-state index is 0.152. The second-order valence-electron chi connectivity index (χ2n) is 6.04. The van der Waals surface area contributed by atoms with Crippen molar-refractivity contribution in [3.8, 4) is 0 Å². The number of halogens is 2. The molecule has 0 aliphatic carbocycles. The van der Waals surface area contributed by atoms with E-state index in [-0.39, 0.29) is 24.8 Å². The maximum absolute atomic E-state index is 12.2. The molecule has 0 saturated carbocycles. The van der Waals surface area contributed by atoms with Gasteiger partial charge in [0.1, 0.15) is 0 Å². The molecule has 2 amide bonds. The van der Waals surface area contributed by atoms with Crippen LogP contribution in [0.2, 0.25) is 10.0 Å². The van der Waals surface area contributed by atoms with Crippen LogP contribution in [0.15, 0.2) is 42.5 Å². The molecule has 0 atom stereocenters. The van der Waals surface area contributed by atoms with Crippen LogP contribution >= 0.6 is 23.2 Å². The zero-order chi connectivity index (χ0) is 19.3. The van der Waals surface area contributed by atoms with Crippen LogP contribution in [-0.2, 0) is 9.59 Å².